The van der Waals surface area contributed by atoms with E-state index >= 15 is 0 Å². The van der Waals surface area contributed by atoms with Crippen LogP contribution in [0.4, 0.5) is 0 Å². The van der Waals surface area contributed by atoms with Crippen molar-refractivity contribution in [3.05, 3.63) is 17.0 Å². The molecule has 1 aromatic rings. The molecule has 1 heterocycles. The van der Waals surface area contributed by atoms with Gasteiger partial charge in [0.1, 0.15) is 5.78 Å². The molecule has 1 aliphatic carbocycles. The number of hydrogen-bond acceptors (Lipinski definition) is 2. The zero-order valence-corrected chi connectivity index (χ0v) is 8.05. The van der Waals surface area contributed by atoms with E-state index in [4.69, 9.17) is 0 Å². The number of rotatable bonds is 1. The maximum atomic E-state index is 11.3. The second kappa shape index (κ2) is 2.98. The van der Waals surface area contributed by atoms with Gasteiger partial charge in [0, 0.05) is 24.1 Å². The van der Waals surface area contributed by atoms with Crippen molar-refractivity contribution in [2.45, 2.75) is 39.0 Å². The molecule has 0 atom stereocenters. The molecule has 2 rings (SSSR count). The Morgan fingerprint density at radius 1 is 1.38 bits per heavy atom. The largest absolute Gasteiger partial charge is 0.299 e. The molecule has 3 nitrogen and oxygen atoms in total. The van der Waals surface area contributed by atoms with Crippen LogP contribution in [0, 0.1) is 0 Å². The lowest BCUT2D eigenvalue weighted by Crippen LogP contribution is -2.13. The highest BCUT2D eigenvalue weighted by Gasteiger charge is 2.22. The fourth-order valence-corrected chi connectivity index (χ4v) is 1.85. The molecule has 70 valence electrons. The van der Waals surface area contributed by atoms with Gasteiger partial charge in [-0.25, -0.2) is 0 Å². The number of nitrogens with zero attached hydrogens (tertiary/aromatic N) is 1. The molecule has 0 saturated carbocycles. The molecule has 13 heavy (non-hydrogen) atoms. The average molecular weight is 178 g/mol. The van der Waals surface area contributed by atoms with Gasteiger partial charge < -0.3 is 0 Å². The van der Waals surface area contributed by atoms with E-state index in [1.165, 1.54) is 5.69 Å². The molecule has 0 bridgehead atoms. The van der Waals surface area contributed by atoms with Crippen molar-refractivity contribution in [1.82, 2.24) is 10.2 Å². The van der Waals surface area contributed by atoms with Crippen molar-refractivity contribution in [2.24, 2.45) is 0 Å². The van der Waals surface area contributed by atoms with Crippen LogP contribution < -0.4 is 0 Å². The van der Waals surface area contributed by atoms with Gasteiger partial charge in [0.2, 0.25) is 0 Å². The van der Waals surface area contributed by atoms with E-state index in [0.717, 1.165) is 17.7 Å². The van der Waals surface area contributed by atoms with Crippen LogP contribution in [0.1, 0.15) is 43.1 Å². The molecule has 0 fully saturated rings. The monoisotopic (exact) mass is 178 g/mol. The Morgan fingerprint density at radius 2 is 2.15 bits per heavy atom. The number of ketones is 1. The van der Waals surface area contributed by atoms with Gasteiger partial charge in [-0.05, 0) is 12.3 Å². The minimum atomic E-state index is 0.343. The van der Waals surface area contributed by atoms with Gasteiger partial charge in [-0.1, -0.05) is 13.8 Å². The van der Waals surface area contributed by atoms with E-state index in [9.17, 15) is 4.79 Å². The number of aryl methyl sites for hydroxylation is 1. The van der Waals surface area contributed by atoms with Crippen molar-refractivity contribution >= 4 is 5.78 Å². The Hall–Kier alpha value is -1.12. The Morgan fingerprint density at radius 3 is 2.85 bits per heavy atom. The molecule has 0 unspecified atom stereocenters. The highest BCUT2D eigenvalue weighted by Crippen LogP contribution is 2.25. The summed E-state index contributed by atoms with van der Waals surface area (Å²) in [5.74, 6) is 0.752. The predicted molar refractivity (Wildman–Crippen MR) is 49.7 cm³/mol. The van der Waals surface area contributed by atoms with Gasteiger partial charge in [-0.15, -0.1) is 0 Å². The number of aromatic amines is 1. The highest BCUT2D eigenvalue weighted by molar-refractivity contribution is 5.83. The van der Waals surface area contributed by atoms with Crippen LogP contribution in [0.2, 0.25) is 0 Å². The van der Waals surface area contributed by atoms with E-state index in [2.05, 4.69) is 24.0 Å². The van der Waals surface area contributed by atoms with Crippen LogP contribution in [0.3, 0.4) is 0 Å². The third-order valence-corrected chi connectivity index (χ3v) is 2.56. The smallest absolute Gasteiger partial charge is 0.137 e. The lowest BCUT2D eigenvalue weighted by Gasteiger charge is -2.11. The fourth-order valence-electron chi connectivity index (χ4n) is 1.85. The fraction of sp³-hybridized carbons (Fsp3) is 0.600. The van der Waals surface area contributed by atoms with Gasteiger partial charge in [0.25, 0.3) is 0 Å². The van der Waals surface area contributed by atoms with Crippen LogP contribution in [0.5, 0.6) is 0 Å². The van der Waals surface area contributed by atoms with E-state index in [1.54, 1.807) is 0 Å². The number of nitrogens with one attached hydrogen (secondary N) is 1. The second-order valence-corrected chi connectivity index (χ2v) is 3.94. The molecule has 0 spiro atoms. The number of H-pyrrole nitrogens is 1. The minimum Gasteiger partial charge on any atom is -0.299 e. The van der Waals surface area contributed by atoms with Gasteiger partial charge in [-0.2, -0.15) is 5.10 Å². The average Bonchev–Trinajstić information content (AvgIpc) is 2.46. The number of carbonyl (C=O) groups excluding carboxylic acids is 1. The lowest BCUT2D eigenvalue weighted by molar-refractivity contribution is -0.118. The standard InChI is InChI=1S/C10H14N2O/c1-6(2)10-8-5-7(13)3-4-9(8)11-12-10/h6H,3-5H2,1-2H3,(H,11,12). The van der Waals surface area contributed by atoms with E-state index in [1.807, 2.05) is 0 Å². The summed E-state index contributed by atoms with van der Waals surface area (Å²) < 4.78 is 0. The summed E-state index contributed by atoms with van der Waals surface area (Å²) in [4.78, 5) is 11.3. The maximum Gasteiger partial charge on any atom is 0.137 e. The molecular formula is C10H14N2O. The van der Waals surface area contributed by atoms with Crippen LogP contribution in [0.15, 0.2) is 0 Å². The van der Waals surface area contributed by atoms with Crippen LogP contribution >= 0.6 is 0 Å². The predicted octanol–water partition coefficient (Wildman–Crippen LogP) is 1.59. The Labute approximate surface area is 77.5 Å². The zero-order valence-electron chi connectivity index (χ0n) is 8.05. The maximum absolute atomic E-state index is 11.3. The Kier molecular flexibility index (Phi) is 1.94. The summed E-state index contributed by atoms with van der Waals surface area (Å²) >= 11 is 0. The quantitative estimate of drug-likeness (QED) is 0.709. The summed E-state index contributed by atoms with van der Waals surface area (Å²) in [6.07, 6.45) is 2.10. The Balaban J connectivity index is 2.41. The van der Waals surface area contributed by atoms with Gasteiger partial charge in [0.15, 0.2) is 0 Å². The molecule has 0 saturated heterocycles. The molecule has 3 heteroatoms. The molecule has 0 aliphatic heterocycles. The number of Topliss-reactive ketones (excluding diaryl/α,β-unsaturated/α-hetero) is 1. The summed E-state index contributed by atoms with van der Waals surface area (Å²) in [6.45, 7) is 4.21. The first-order valence-electron chi connectivity index (χ1n) is 4.76. The highest BCUT2D eigenvalue weighted by atomic mass is 16.1. The molecule has 1 aliphatic rings. The molecular weight excluding hydrogens is 164 g/mol. The first kappa shape index (κ1) is 8.48. The van der Waals surface area contributed by atoms with Crippen molar-refractivity contribution in [1.29, 1.82) is 0 Å². The van der Waals surface area contributed by atoms with E-state index in [-0.39, 0.29) is 0 Å². The van der Waals surface area contributed by atoms with E-state index in [0.29, 0.717) is 24.5 Å². The number of fused-ring (bicyclic) bond motifs is 1. The third-order valence-electron chi connectivity index (χ3n) is 2.56. The van der Waals surface area contributed by atoms with Gasteiger partial charge in [-0.3, -0.25) is 9.89 Å². The second-order valence-electron chi connectivity index (χ2n) is 3.94. The minimum absolute atomic E-state index is 0.343. The van der Waals surface area contributed by atoms with Crippen molar-refractivity contribution in [3.63, 3.8) is 0 Å². The van der Waals surface area contributed by atoms with Gasteiger partial charge in [0.05, 0.1) is 5.69 Å². The molecule has 0 amide bonds. The van der Waals surface area contributed by atoms with Crippen LogP contribution in [-0.4, -0.2) is 16.0 Å². The van der Waals surface area contributed by atoms with E-state index < -0.39 is 0 Å². The first-order chi connectivity index (χ1) is 6.18. The molecule has 0 radical (unpaired) electrons. The summed E-state index contributed by atoms with van der Waals surface area (Å²) in [7, 11) is 0. The van der Waals surface area contributed by atoms with Crippen LogP contribution in [0.25, 0.3) is 0 Å². The molecule has 1 aromatic heterocycles. The summed E-state index contributed by atoms with van der Waals surface area (Å²) in [5.41, 5.74) is 3.40. The molecule has 1 N–H and O–H groups in total. The summed E-state index contributed by atoms with van der Waals surface area (Å²) in [6, 6.07) is 0. The zero-order chi connectivity index (χ0) is 9.42. The number of aromatic nitrogens is 2. The lowest BCUT2D eigenvalue weighted by atomic mass is 9.92. The number of carbonyl (C=O) groups is 1. The van der Waals surface area contributed by atoms with Crippen molar-refractivity contribution in [3.8, 4) is 0 Å². The van der Waals surface area contributed by atoms with Crippen LogP contribution in [-0.2, 0) is 17.6 Å². The third kappa shape index (κ3) is 1.39. The van der Waals surface area contributed by atoms with Crippen molar-refractivity contribution < 1.29 is 4.79 Å². The van der Waals surface area contributed by atoms with Crippen molar-refractivity contribution in [2.75, 3.05) is 0 Å². The summed E-state index contributed by atoms with van der Waals surface area (Å²) in [5, 5.41) is 7.28. The Bertz CT molecular complexity index is 339. The number of hydrogen-bond donors (Lipinski definition) is 1. The SMILES string of the molecule is CC(C)c1n[nH]c2c1CC(=O)CC2. The normalized spacial score (nSPS) is 16.4. The molecule has 0 aromatic carbocycles. The topological polar surface area (TPSA) is 45.8 Å². The van der Waals surface area contributed by atoms with Gasteiger partial charge >= 0.3 is 0 Å². The first-order valence-corrected chi connectivity index (χ1v) is 4.76.